The molecule has 0 saturated carbocycles. The van der Waals surface area contributed by atoms with Crippen LogP contribution in [0.2, 0.25) is 0 Å². The second kappa shape index (κ2) is 5.54. The minimum Gasteiger partial charge on any atom is -0.497 e. The summed E-state index contributed by atoms with van der Waals surface area (Å²) >= 11 is 0. The molecule has 2 aromatic carbocycles. The SMILES string of the molecule is COc1ccc(COc2ccc(F)c(C)c2)cc1. The molecule has 3 heteroatoms. The first-order chi connectivity index (χ1) is 8.69. The maximum absolute atomic E-state index is 13.1. The van der Waals surface area contributed by atoms with Crippen molar-refractivity contribution >= 4 is 0 Å². The molecule has 2 rings (SSSR count). The fourth-order valence-electron chi connectivity index (χ4n) is 1.60. The van der Waals surface area contributed by atoms with Crippen LogP contribution in [0.1, 0.15) is 11.1 Å². The Bertz CT molecular complexity index is 521. The van der Waals surface area contributed by atoms with Gasteiger partial charge in [-0.3, -0.25) is 0 Å². The Morgan fingerprint density at radius 3 is 2.28 bits per heavy atom. The highest BCUT2D eigenvalue weighted by Gasteiger charge is 2.00. The molecule has 0 aliphatic carbocycles. The van der Waals surface area contributed by atoms with E-state index in [2.05, 4.69) is 0 Å². The van der Waals surface area contributed by atoms with Crippen LogP contribution >= 0.6 is 0 Å². The van der Waals surface area contributed by atoms with Gasteiger partial charge in [0.05, 0.1) is 7.11 Å². The van der Waals surface area contributed by atoms with Gasteiger partial charge in [0.25, 0.3) is 0 Å². The van der Waals surface area contributed by atoms with Gasteiger partial charge < -0.3 is 9.47 Å². The standard InChI is InChI=1S/C15H15FO2/c1-11-9-14(7-8-15(11)16)18-10-12-3-5-13(17-2)6-4-12/h3-9H,10H2,1-2H3. The molecule has 0 radical (unpaired) electrons. The number of halogens is 1. The minimum atomic E-state index is -0.216. The fraction of sp³-hybridized carbons (Fsp3) is 0.200. The molecule has 0 fully saturated rings. The lowest BCUT2D eigenvalue weighted by Gasteiger charge is -2.08. The van der Waals surface area contributed by atoms with Crippen LogP contribution in [0.5, 0.6) is 11.5 Å². The summed E-state index contributed by atoms with van der Waals surface area (Å²) in [6.07, 6.45) is 0. The number of benzene rings is 2. The highest BCUT2D eigenvalue weighted by atomic mass is 19.1. The van der Waals surface area contributed by atoms with Crippen LogP contribution in [-0.4, -0.2) is 7.11 Å². The van der Waals surface area contributed by atoms with Crippen LogP contribution in [0, 0.1) is 12.7 Å². The van der Waals surface area contributed by atoms with Gasteiger partial charge in [-0.15, -0.1) is 0 Å². The van der Waals surface area contributed by atoms with Crippen LogP contribution < -0.4 is 9.47 Å². The summed E-state index contributed by atoms with van der Waals surface area (Å²) in [7, 11) is 1.63. The number of ether oxygens (including phenoxy) is 2. The summed E-state index contributed by atoms with van der Waals surface area (Å²) in [5.74, 6) is 1.27. The molecular weight excluding hydrogens is 231 g/mol. The summed E-state index contributed by atoms with van der Waals surface area (Å²) < 4.78 is 23.7. The summed E-state index contributed by atoms with van der Waals surface area (Å²) in [5, 5.41) is 0. The van der Waals surface area contributed by atoms with Gasteiger partial charge in [0, 0.05) is 0 Å². The van der Waals surface area contributed by atoms with E-state index in [0.717, 1.165) is 11.3 Å². The van der Waals surface area contributed by atoms with E-state index in [1.807, 2.05) is 24.3 Å². The van der Waals surface area contributed by atoms with E-state index < -0.39 is 0 Å². The summed E-state index contributed by atoms with van der Waals surface area (Å²) in [6.45, 7) is 2.17. The normalized spacial score (nSPS) is 10.2. The molecule has 0 aliphatic rings. The van der Waals surface area contributed by atoms with Crippen molar-refractivity contribution in [3.63, 3.8) is 0 Å². The Labute approximate surface area is 106 Å². The lowest BCUT2D eigenvalue weighted by molar-refractivity contribution is 0.305. The van der Waals surface area contributed by atoms with E-state index in [0.29, 0.717) is 17.9 Å². The van der Waals surface area contributed by atoms with E-state index in [-0.39, 0.29) is 5.82 Å². The quantitative estimate of drug-likeness (QED) is 0.818. The lowest BCUT2D eigenvalue weighted by atomic mass is 10.2. The number of hydrogen-bond acceptors (Lipinski definition) is 2. The molecular formula is C15H15FO2. The van der Waals surface area contributed by atoms with Gasteiger partial charge >= 0.3 is 0 Å². The Hall–Kier alpha value is -2.03. The molecule has 0 spiro atoms. The molecule has 0 unspecified atom stereocenters. The zero-order chi connectivity index (χ0) is 13.0. The van der Waals surface area contributed by atoms with Crippen molar-refractivity contribution in [1.82, 2.24) is 0 Å². The van der Waals surface area contributed by atoms with Gasteiger partial charge in [0.2, 0.25) is 0 Å². The molecule has 0 atom stereocenters. The molecule has 0 saturated heterocycles. The Morgan fingerprint density at radius 2 is 1.67 bits per heavy atom. The third kappa shape index (κ3) is 3.00. The van der Waals surface area contributed by atoms with Gasteiger partial charge in [0.15, 0.2) is 0 Å². The van der Waals surface area contributed by atoms with Gasteiger partial charge in [-0.05, 0) is 48.4 Å². The molecule has 0 heterocycles. The Kier molecular flexibility index (Phi) is 3.82. The van der Waals surface area contributed by atoms with Crippen molar-refractivity contribution in [1.29, 1.82) is 0 Å². The number of hydrogen-bond donors (Lipinski definition) is 0. The number of aryl methyl sites for hydroxylation is 1. The van der Waals surface area contributed by atoms with E-state index >= 15 is 0 Å². The summed E-state index contributed by atoms with van der Waals surface area (Å²) in [4.78, 5) is 0. The highest BCUT2D eigenvalue weighted by molar-refractivity contribution is 5.30. The van der Waals surface area contributed by atoms with Crippen molar-refractivity contribution in [2.45, 2.75) is 13.5 Å². The Balaban J connectivity index is 1.99. The van der Waals surface area contributed by atoms with E-state index in [4.69, 9.17) is 9.47 Å². The molecule has 0 aromatic heterocycles. The average Bonchev–Trinajstić information content (AvgIpc) is 2.41. The number of rotatable bonds is 4. The lowest BCUT2D eigenvalue weighted by Crippen LogP contribution is -1.96. The molecule has 0 aliphatic heterocycles. The first kappa shape index (κ1) is 12.4. The van der Waals surface area contributed by atoms with Gasteiger partial charge in [-0.1, -0.05) is 12.1 Å². The van der Waals surface area contributed by atoms with Crippen LogP contribution in [0.15, 0.2) is 42.5 Å². The molecule has 94 valence electrons. The predicted octanol–water partition coefficient (Wildman–Crippen LogP) is 3.72. The van der Waals surface area contributed by atoms with E-state index in [1.54, 1.807) is 26.2 Å². The Morgan fingerprint density at radius 1 is 1.00 bits per heavy atom. The van der Waals surface area contributed by atoms with Crippen LogP contribution in [0.25, 0.3) is 0 Å². The topological polar surface area (TPSA) is 18.5 Å². The molecule has 18 heavy (non-hydrogen) atoms. The average molecular weight is 246 g/mol. The zero-order valence-electron chi connectivity index (χ0n) is 10.4. The van der Waals surface area contributed by atoms with Crippen molar-refractivity contribution in [3.05, 3.63) is 59.4 Å². The van der Waals surface area contributed by atoms with Gasteiger partial charge in [-0.25, -0.2) is 4.39 Å². The van der Waals surface area contributed by atoms with Crippen molar-refractivity contribution in [3.8, 4) is 11.5 Å². The van der Waals surface area contributed by atoms with Crippen LogP contribution in [0.3, 0.4) is 0 Å². The van der Waals surface area contributed by atoms with Gasteiger partial charge in [0.1, 0.15) is 23.9 Å². The van der Waals surface area contributed by atoms with E-state index in [9.17, 15) is 4.39 Å². The largest absolute Gasteiger partial charge is 0.497 e. The van der Waals surface area contributed by atoms with Crippen molar-refractivity contribution in [2.24, 2.45) is 0 Å². The predicted molar refractivity (Wildman–Crippen MR) is 68.5 cm³/mol. The third-order valence-corrected chi connectivity index (χ3v) is 2.69. The third-order valence-electron chi connectivity index (χ3n) is 2.69. The molecule has 2 nitrogen and oxygen atoms in total. The maximum atomic E-state index is 13.1. The zero-order valence-corrected chi connectivity index (χ0v) is 10.4. The van der Waals surface area contributed by atoms with Crippen molar-refractivity contribution < 1.29 is 13.9 Å². The monoisotopic (exact) mass is 246 g/mol. The maximum Gasteiger partial charge on any atom is 0.126 e. The smallest absolute Gasteiger partial charge is 0.126 e. The molecule has 0 N–H and O–H groups in total. The van der Waals surface area contributed by atoms with E-state index in [1.165, 1.54) is 6.07 Å². The highest BCUT2D eigenvalue weighted by Crippen LogP contribution is 2.18. The van der Waals surface area contributed by atoms with Crippen LogP contribution in [-0.2, 0) is 6.61 Å². The summed E-state index contributed by atoms with van der Waals surface area (Å²) in [6, 6.07) is 12.4. The van der Waals surface area contributed by atoms with Crippen LogP contribution in [0.4, 0.5) is 4.39 Å². The number of methoxy groups -OCH3 is 1. The first-order valence-corrected chi connectivity index (χ1v) is 5.71. The second-order valence-electron chi connectivity index (χ2n) is 4.05. The second-order valence-corrected chi connectivity index (χ2v) is 4.05. The van der Waals surface area contributed by atoms with Gasteiger partial charge in [-0.2, -0.15) is 0 Å². The molecule has 0 amide bonds. The summed E-state index contributed by atoms with van der Waals surface area (Å²) in [5.41, 5.74) is 1.63. The minimum absolute atomic E-state index is 0.216. The molecule has 0 bridgehead atoms. The fourth-order valence-corrected chi connectivity index (χ4v) is 1.60. The molecule has 2 aromatic rings. The first-order valence-electron chi connectivity index (χ1n) is 5.71. The van der Waals surface area contributed by atoms with Crippen molar-refractivity contribution in [2.75, 3.05) is 7.11 Å².